The van der Waals surface area contributed by atoms with Gasteiger partial charge in [0.25, 0.3) is 0 Å². The molecule has 5 aromatic carbocycles. The number of anilines is 4. The van der Waals surface area contributed by atoms with Crippen LogP contribution in [0.1, 0.15) is 61.6 Å². The fraction of sp³-hybridized carbons (Fsp3) is 0.208. The van der Waals surface area contributed by atoms with E-state index in [0.717, 1.165) is 46.2 Å². The third kappa shape index (κ3) is 12.6. The third-order valence-electron chi connectivity index (χ3n) is 9.31. The van der Waals surface area contributed by atoms with Crippen molar-refractivity contribution in [3.05, 3.63) is 167 Å². The van der Waals surface area contributed by atoms with Crippen LogP contribution >= 0.6 is 11.6 Å². The standard InChI is InChI=1S/C25H23ClFN3O.C23H22F3N3O2/c1-16(2)10-17-6-8-23-21(12-17)25(29-15-28-23)30-20-7-9-24(22(26)13-20)31-14-18-4-3-5-19(27)11-18;1-14(2)21-13-19(10-11-27-21)31-18-8-6-16(7-9-18)28-22(30)29-17-5-4-15(3)20(12-17)23(24,25)26/h3-9,11-13,15-16H,10,14H2,1-2H3,(H,28,29,30);4-14H,1-3H3,(H2,28,29,30). The average Bonchev–Trinajstić information content (AvgIpc) is 3.22. The number of pyridine rings is 1. The molecule has 0 fully saturated rings. The number of urea groups is 1. The lowest BCUT2D eigenvalue weighted by molar-refractivity contribution is -0.138. The van der Waals surface area contributed by atoms with E-state index in [4.69, 9.17) is 21.1 Å². The molecule has 0 aliphatic heterocycles. The topological polar surface area (TPSA) is 110 Å². The van der Waals surface area contributed by atoms with E-state index in [1.54, 1.807) is 67.1 Å². The predicted molar refractivity (Wildman–Crippen MR) is 237 cm³/mol. The Morgan fingerprint density at radius 1 is 0.758 bits per heavy atom. The molecule has 0 spiro atoms. The van der Waals surface area contributed by atoms with Crippen LogP contribution in [0.2, 0.25) is 5.02 Å². The summed E-state index contributed by atoms with van der Waals surface area (Å²) in [6, 6.07) is 31.3. The van der Waals surface area contributed by atoms with Gasteiger partial charge in [-0.05, 0) is 127 Å². The first-order chi connectivity index (χ1) is 29.6. The van der Waals surface area contributed by atoms with Gasteiger partial charge in [-0.3, -0.25) is 4.98 Å². The van der Waals surface area contributed by atoms with Gasteiger partial charge in [0.05, 0.1) is 16.1 Å². The fourth-order valence-electron chi connectivity index (χ4n) is 6.27. The van der Waals surface area contributed by atoms with Crippen LogP contribution in [0.25, 0.3) is 10.9 Å². The number of carbonyl (C=O) groups excluding carboxylic acids is 1. The van der Waals surface area contributed by atoms with Crippen molar-refractivity contribution in [3.8, 4) is 17.2 Å². The second-order valence-corrected chi connectivity index (χ2v) is 15.6. The molecule has 320 valence electrons. The molecule has 0 radical (unpaired) electrons. The first-order valence-electron chi connectivity index (χ1n) is 19.8. The van der Waals surface area contributed by atoms with Gasteiger partial charge in [-0.25, -0.2) is 19.2 Å². The summed E-state index contributed by atoms with van der Waals surface area (Å²) in [4.78, 5) is 25.2. The minimum atomic E-state index is -4.49. The maximum Gasteiger partial charge on any atom is 0.416 e. The third-order valence-corrected chi connectivity index (χ3v) is 9.61. The number of fused-ring (bicyclic) bond motifs is 1. The zero-order chi connectivity index (χ0) is 44.4. The molecule has 0 bridgehead atoms. The van der Waals surface area contributed by atoms with Crippen molar-refractivity contribution in [2.45, 2.75) is 59.7 Å². The summed E-state index contributed by atoms with van der Waals surface area (Å²) < 4.78 is 64.0. The predicted octanol–water partition coefficient (Wildman–Crippen LogP) is 13.9. The van der Waals surface area contributed by atoms with Crippen LogP contribution in [0.4, 0.5) is 45.2 Å². The van der Waals surface area contributed by atoms with Crippen LogP contribution in [0, 0.1) is 18.7 Å². The number of nitrogens with one attached hydrogen (secondary N) is 3. The van der Waals surface area contributed by atoms with Crippen molar-refractivity contribution in [2.24, 2.45) is 5.92 Å². The number of amides is 2. The van der Waals surface area contributed by atoms with Crippen molar-refractivity contribution in [1.29, 1.82) is 0 Å². The monoisotopic (exact) mass is 864 g/mol. The number of hydrogen-bond donors (Lipinski definition) is 3. The lowest BCUT2D eigenvalue weighted by atomic mass is 10.0. The maximum atomic E-state index is 13.3. The van der Waals surface area contributed by atoms with Gasteiger partial charge in [-0.2, -0.15) is 13.2 Å². The molecule has 2 amide bonds. The van der Waals surface area contributed by atoms with Crippen LogP contribution in [-0.4, -0.2) is 21.0 Å². The van der Waals surface area contributed by atoms with Crippen LogP contribution < -0.4 is 25.4 Å². The largest absolute Gasteiger partial charge is 0.487 e. The Hall–Kier alpha value is -6.73. The summed E-state index contributed by atoms with van der Waals surface area (Å²) in [6.07, 6.45) is -0.267. The van der Waals surface area contributed by atoms with E-state index >= 15 is 0 Å². The number of hydrogen-bond acceptors (Lipinski definition) is 7. The number of alkyl halides is 3. The van der Waals surface area contributed by atoms with Crippen LogP contribution in [0.3, 0.4) is 0 Å². The molecule has 7 rings (SSSR count). The van der Waals surface area contributed by atoms with E-state index in [9.17, 15) is 22.4 Å². The smallest absolute Gasteiger partial charge is 0.416 e. The zero-order valence-electron chi connectivity index (χ0n) is 34.6. The first-order valence-corrected chi connectivity index (χ1v) is 20.1. The van der Waals surface area contributed by atoms with Crippen molar-refractivity contribution in [3.63, 3.8) is 0 Å². The molecule has 0 saturated carbocycles. The summed E-state index contributed by atoms with van der Waals surface area (Å²) in [7, 11) is 0. The quantitative estimate of drug-likeness (QED) is 0.105. The molecule has 0 saturated heterocycles. The van der Waals surface area contributed by atoms with Gasteiger partial charge in [0.1, 0.15) is 41.8 Å². The Balaban J connectivity index is 0.000000207. The highest BCUT2D eigenvalue weighted by Crippen LogP contribution is 2.34. The highest BCUT2D eigenvalue weighted by atomic mass is 35.5. The average molecular weight is 865 g/mol. The van der Waals surface area contributed by atoms with E-state index < -0.39 is 17.8 Å². The Morgan fingerprint density at radius 3 is 2.21 bits per heavy atom. The van der Waals surface area contributed by atoms with Crippen molar-refractivity contribution in [1.82, 2.24) is 15.0 Å². The van der Waals surface area contributed by atoms with Crippen molar-refractivity contribution < 1.29 is 31.8 Å². The Labute approximate surface area is 362 Å². The normalized spacial score (nSPS) is 11.2. The fourth-order valence-corrected chi connectivity index (χ4v) is 6.51. The molecule has 62 heavy (non-hydrogen) atoms. The number of aryl methyl sites for hydroxylation is 1. The molecule has 2 heterocycles. The molecule has 0 atom stereocenters. The Bertz CT molecular complexity index is 2640. The molecule has 3 N–H and O–H groups in total. The van der Waals surface area contributed by atoms with Gasteiger partial charge in [0.15, 0.2) is 0 Å². The number of halogens is 5. The molecule has 2 aromatic heterocycles. The second-order valence-electron chi connectivity index (χ2n) is 15.2. The lowest BCUT2D eigenvalue weighted by Crippen LogP contribution is -2.20. The number of rotatable bonds is 12. The molecule has 0 aliphatic rings. The summed E-state index contributed by atoms with van der Waals surface area (Å²) in [5.41, 5.74) is 4.38. The van der Waals surface area contributed by atoms with Crippen LogP contribution in [0.5, 0.6) is 17.2 Å². The minimum Gasteiger partial charge on any atom is -0.487 e. The molecular formula is C48H45ClF4N6O3. The van der Waals surface area contributed by atoms with Crippen molar-refractivity contribution in [2.75, 3.05) is 16.0 Å². The van der Waals surface area contributed by atoms with E-state index in [-0.39, 0.29) is 29.6 Å². The van der Waals surface area contributed by atoms with E-state index in [2.05, 4.69) is 56.9 Å². The van der Waals surface area contributed by atoms with Crippen LogP contribution in [-0.2, 0) is 19.2 Å². The molecular weight excluding hydrogens is 820 g/mol. The van der Waals surface area contributed by atoms with Gasteiger partial charge < -0.3 is 25.4 Å². The highest BCUT2D eigenvalue weighted by Gasteiger charge is 2.32. The van der Waals surface area contributed by atoms with E-state index in [1.165, 1.54) is 36.8 Å². The molecule has 9 nitrogen and oxygen atoms in total. The number of ether oxygens (including phenoxy) is 2. The summed E-state index contributed by atoms with van der Waals surface area (Å²) in [5, 5.41) is 9.75. The zero-order valence-corrected chi connectivity index (χ0v) is 35.4. The van der Waals surface area contributed by atoms with Gasteiger partial charge in [-0.15, -0.1) is 0 Å². The Morgan fingerprint density at radius 2 is 1.50 bits per heavy atom. The van der Waals surface area contributed by atoms with Gasteiger partial charge in [0, 0.05) is 40.4 Å². The van der Waals surface area contributed by atoms with Gasteiger partial charge >= 0.3 is 12.2 Å². The maximum absolute atomic E-state index is 13.3. The van der Waals surface area contributed by atoms with E-state index in [0.29, 0.717) is 33.9 Å². The lowest BCUT2D eigenvalue weighted by Gasteiger charge is -2.13. The number of nitrogens with zero attached hydrogens (tertiary/aromatic N) is 3. The van der Waals surface area contributed by atoms with Crippen LogP contribution in [0.15, 0.2) is 128 Å². The number of aromatic nitrogens is 3. The SMILES string of the molecule is CC(C)Cc1ccc2ncnc(Nc3ccc(OCc4cccc(F)c4)c(Cl)c3)c2c1.Cc1ccc(NC(=O)Nc2ccc(Oc3ccnc(C(C)C)c3)cc2)cc1C(F)(F)F. The number of carbonyl (C=O) groups is 1. The van der Waals surface area contributed by atoms with Crippen molar-refractivity contribution >= 4 is 51.4 Å². The Kier molecular flexibility index (Phi) is 14.6. The number of benzene rings is 5. The second kappa shape index (κ2) is 20.2. The molecule has 14 heteroatoms. The van der Waals surface area contributed by atoms with Gasteiger partial charge in [0.2, 0.25) is 0 Å². The highest BCUT2D eigenvalue weighted by molar-refractivity contribution is 6.32. The summed E-state index contributed by atoms with van der Waals surface area (Å²) >= 11 is 6.42. The minimum absolute atomic E-state index is 0.0500. The summed E-state index contributed by atoms with van der Waals surface area (Å²) in [5.74, 6) is 3.02. The molecule has 7 aromatic rings. The van der Waals surface area contributed by atoms with E-state index in [1.807, 2.05) is 32.0 Å². The van der Waals surface area contributed by atoms with Gasteiger partial charge in [-0.1, -0.05) is 63.6 Å². The molecule has 0 unspecified atom stereocenters. The first kappa shape index (κ1) is 44.8. The summed E-state index contributed by atoms with van der Waals surface area (Å²) in [6.45, 7) is 10.1. The molecule has 0 aliphatic carbocycles.